The highest BCUT2D eigenvalue weighted by atomic mass is 16.5. The quantitative estimate of drug-likeness (QED) is 0.876. The number of hydrogen-bond donors (Lipinski definition) is 1. The van der Waals surface area contributed by atoms with Crippen molar-refractivity contribution in [3.8, 4) is 5.75 Å². The topological polar surface area (TPSA) is 55.6 Å². The predicted molar refractivity (Wildman–Crippen MR) is 93.6 cm³/mol. The number of amides is 1. The van der Waals surface area contributed by atoms with Gasteiger partial charge in [0.15, 0.2) is 0 Å². The van der Waals surface area contributed by atoms with Crippen LogP contribution in [0.3, 0.4) is 0 Å². The van der Waals surface area contributed by atoms with Crippen LogP contribution in [-0.2, 0) is 4.79 Å². The van der Waals surface area contributed by atoms with Gasteiger partial charge in [-0.1, -0.05) is 26.0 Å². The molecule has 1 saturated heterocycles. The summed E-state index contributed by atoms with van der Waals surface area (Å²) >= 11 is 0. The summed E-state index contributed by atoms with van der Waals surface area (Å²) in [5, 5.41) is 0. The number of nitrogens with zero attached hydrogens (tertiary/aromatic N) is 1. The molecule has 0 bridgehead atoms. The number of piperidine rings is 1. The molecule has 0 spiro atoms. The summed E-state index contributed by atoms with van der Waals surface area (Å²) in [6.07, 6.45) is 3.64. The van der Waals surface area contributed by atoms with E-state index in [1.165, 1.54) is 5.56 Å². The summed E-state index contributed by atoms with van der Waals surface area (Å²) in [6.45, 7) is 6.22. The van der Waals surface area contributed by atoms with E-state index in [0.717, 1.165) is 44.5 Å². The molecule has 1 aromatic rings. The molecule has 0 aromatic heterocycles. The van der Waals surface area contributed by atoms with Crippen molar-refractivity contribution in [1.29, 1.82) is 0 Å². The summed E-state index contributed by atoms with van der Waals surface area (Å²) in [6, 6.07) is 8.29. The average molecular weight is 318 g/mol. The Kier molecular flexibility index (Phi) is 6.05. The second-order valence-electron chi connectivity index (χ2n) is 6.53. The van der Waals surface area contributed by atoms with Crippen LogP contribution in [0.25, 0.3) is 0 Å². The second kappa shape index (κ2) is 7.82. The standard InChI is InChI=1S/C19H30N2O2/c1-4-19(5-2,14-20)18(22)21-11-9-15(10-12-21)16-7-6-8-17(13-16)23-3/h6-8,13,15H,4-5,9-12,14,20H2,1-3H3. The molecule has 2 N–H and O–H groups in total. The van der Waals surface area contributed by atoms with E-state index in [0.29, 0.717) is 12.5 Å². The van der Waals surface area contributed by atoms with Gasteiger partial charge in [0.1, 0.15) is 5.75 Å². The second-order valence-corrected chi connectivity index (χ2v) is 6.53. The fraction of sp³-hybridized carbons (Fsp3) is 0.632. The molecule has 0 atom stereocenters. The van der Waals surface area contributed by atoms with Gasteiger partial charge in [0, 0.05) is 19.6 Å². The van der Waals surface area contributed by atoms with Crippen LogP contribution in [0.4, 0.5) is 0 Å². The van der Waals surface area contributed by atoms with Crippen molar-refractivity contribution < 1.29 is 9.53 Å². The van der Waals surface area contributed by atoms with Crippen molar-refractivity contribution in [2.75, 3.05) is 26.7 Å². The molecule has 2 rings (SSSR count). The van der Waals surface area contributed by atoms with Gasteiger partial charge >= 0.3 is 0 Å². The van der Waals surface area contributed by atoms with E-state index >= 15 is 0 Å². The van der Waals surface area contributed by atoms with Crippen molar-refractivity contribution in [2.24, 2.45) is 11.1 Å². The van der Waals surface area contributed by atoms with Crippen LogP contribution >= 0.6 is 0 Å². The van der Waals surface area contributed by atoms with Crippen LogP contribution in [0.2, 0.25) is 0 Å². The molecule has 0 saturated carbocycles. The minimum absolute atomic E-state index is 0.245. The van der Waals surface area contributed by atoms with Gasteiger partial charge in [-0.25, -0.2) is 0 Å². The summed E-state index contributed by atoms with van der Waals surface area (Å²) in [4.78, 5) is 14.9. The molecule has 1 aromatic carbocycles. The molecule has 23 heavy (non-hydrogen) atoms. The number of likely N-dealkylation sites (tertiary alicyclic amines) is 1. The molecule has 128 valence electrons. The number of methoxy groups -OCH3 is 1. The third-order valence-corrected chi connectivity index (χ3v) is 5.55. The molecule has 1 aliphatic rings. The maximum Gasteiger partial charge on any atom is 0.230 e. The smallest absolute Gasteiger partial charge is 0.230 e. The van der Waals surface area contributed by atoms with Gasteiger partial charge in [-0.15, -0.1) is 0 Å². The monoisotopic (exact) mass is 318 g/mol. The number of carbonyl (C=O) groups is 1. The lowest BCUT2D eigenvalue weighted by Crippen LogP contribution is -2.49. The van der Waals surface area contributed by atoms with Crippen LogP contribution in [0.5, 0.6) is 5.75 Å². The number of carbonyl (C=O) groups excluding carboxylic acids is 1. The normalized spacial score (nSPS) is 16.4. The highest BCUT2D eigenvalue weighted by Crippen LogP contribution is 2.33. The Morgan fingerprint density at radius 2 is 1.96 bits per heavy atom. The van der Waals surface area contributed by atoms with Gasteiger partial charge < -0.3 is 15.4 Å². The predicted octanol–water partition coefficient (Wildman–Crippen LogP) is 3.17. The zero-order valence-corrected chi connectivity index (χ0v) is 14.7. The summed E-state index contributed by atoms with van der Waals surface area (Å²) in [5.41, 5.74) is 6.87. The minimum Gasteiger partial charge on any atom is -0.497 e. The first-order valence-corrected chi connectivity index (χ1v) is 8.73. The zero-order valence-electron chi connectivity index (χ0n) is 14.7. The van der Waals surface area contributed by atoms with Gasteiger partial charge in [-0.2, -0.15) is 0 Å². The van der Waals surface area contributed by atoms with Crippen molar-refractivity contribution in [3.05, 3.63) is 29.8 Å². The van der Waals surface area contributed by atoms with E-state index in [4.69, 9.17) is 10.5 Å². The molecular weight excluding hydrogens is 288 g/mol. The van der Waals surface area contributed by atoms with Crippen LogP contribution < -0.4 is 10.5 Å². The minimum atomic E-state index is -0.372. The van der Waals surface area contributed by atoms with Crippen LogP contribution in [0, 0.1) is 5.41 Å². The van der Waals surface area contributed by atoms with Crippen LogP contribution in [0.15, 0.2) is 24.3 Å². The lowest BCUT2D eigenvalue weighted by atomic mass is 9.80. The summed E-state index contributed by atoms with van der Waals surface area (Å²) < 4.78 is 5.31. The first kappa shape index (κ1) is 17.8. The molecular formula is C19H30N2O2. The van der Waals surface area contributed by atoms with Gasteiger partial charge in [-0.3, -0.25) is 4.79 Å². The Morgan fingerprint density at radius 3 is 2.48 bits per heavy atom. The summed E-state index contributed by atoms with van der Waals surface area (Å²) in [5.74, 6) is 1.65. The average Bonchev–Trinajstić information content (AvgIpc) is 2.63. The number of rotatable bonds is 6. The number of nitrogens with two attached hydrogens (primary N) is 1. The fourth-order valence-corrected chi connectivity index (χ4v) is 3.58. The lowest BCUT2D eigenvalue weighted by molar-refractivity contribution is -0.143. The molecule has 1 aliphatic heterocycles. The molecule has 1 heterocycles. The Bertz CT molecular complexity index is 510. The van der Waals surface area contributed by atoms with E-state index in [9.17, 15) is 4.79 Å². The third-order valence-electron chi connectivity index (χ3n) is 5.55. The Morgan fingerprint density at radius 1 is 1.30 bits per heavy atom. The zero-order chi connectivity index (χ0) is 16.9. The first-order valence-electron chi connectivity index (χ1n) is 8.73. The first-order chi connectivity index (χ1) is 11.1. The Balaban J connectivity index is 2.01. The van der Waals surface area contributed by atoms with E-state index in [2.05, 4.69) is 26.0 Å². The number of ether oxygens (including phenoxy) is 1. The molecule has 0 radical (unpaired) electrons. The van der Waals surface area contributed by atoms with Gasteiger partial charge in [0.05, 0.1) is 12.5 Å². The molecule has 4 nitrogen and oxygen atoms in total. The van der Waals surface area contributed by atoms with E-state index < -0.39 is 0 Å². The van der Waals surface area contributed by atoms with Crippen molar-refractivity contribution >= 4 is 5.91 Å². The highest BCUT2D eigenvalue weighted by molar-refractivity contribution is 5.83. The fourth-order valence-electron chi connectivity index (χ4n) is 3.58. The van der Waals surface area contributed by atoms with Crippen molar-refractivity contribution in [3.63, 3.8) is 0 Å². The SMILES string of the molecule is CCC(CC)(CN)C(=O)N1CCC(c2cccc(OC)c2)CC1. The lowest BCUT2D eigenvalue weighted by Gasteiger charge is -2.39. The highest BCUT2D eigenvalue weighted by Gasteiger charge is 2.38. The maximum atomic E-state index is 12.9. The van der Waals surface area contributed by atoms with Crippen LogP contribution in [0.1, 0.15) is 51.0 Å². The maximum absolute atomic E-state index is 12.9. The van der Waals surface area contributed by atoms with E-state index in [1.54, 1.807) is 7.11 Å². The number of benzene rings is 1. The molecule has 0 unspecified atom stereocenters. The molecule has 1 amide bonds. The number of hydrogen-bond acceptors (Lipinski definition) is 3. The largest absolute Gasteiger partial charge is 0.497 e. The van der Waals surface area contributed by atoms with Gasteiger partial charge in [0.25, 0.3) is 0 Å². The Hall–Kier alpha value is -1.55. The Labute approximate surface area is 140 Å². The summed E-state index contributed by atoms with van der Waals surface area (Å²) in [7, 11) is 1.70. The molecule has 0 aliphatic carbocycles. The van der Waals surface area contributed by atoms with E-state index in [-0.39, 0.29) is 11.3 Å². The third kappa shape index (κ3) is 3.69. The molecule has 4 heteroatoms. The van der Waals surface area contributed by atoms with Crippen molar-refractivity contribution in [1.82, 2.24) is 4.90 Å². The molecule has 1 fully saturated rings. The van der Waals surface area contributed by atoms with E-state index in [1.807, 2.05) is 17.0 Å². The van der Waals surface area contributed by atoms with Crippen molar-refractivity contribution in [2.45, 2.75) is 45.4 Å². The van der Waals surface area contributed by atoms with Crippen LogP contribution in [-0.4, -0.2) is 37.6 Å². The van der Waals surface area contributed by atoms with Gasteiger partial charge in [-0.05, 0) is 49.3 Å². The van der Waals surface area contributed by atoms with Gasteiger partial charge in [0.2, 0.25) is 5.91 Å².